The standard InChI is InChI=1S/C24H18N8O/c33-24(18-5-2-1-3-6-18)30-19-7-4-8-20(13-19)32-23-21(15-29-32)22(26-16-27-23)31-28-14-17-9-11-25-12-10-17/h1-16H,(H,30,33)(H,26,27,31)/b28-14+. The van der Waals surface area contributed by atoms with Crippen LogP contribution in [0.5, 0.6) is 0 Å². The average molecular weight is 434 g/mol. The van der Waals surface area contributed by atoms with Crippen LogP contribution in [-0.4, -0.2) is 36.9 Å². The summed E-state index contributed by atoms with van der Waals surface area (Å²) in [7, 11) is 0. The molecule has 0 aliphatic rings. The Bertz CT molecular complexity index is 1430. The summed E-state index contributed by atoms with van der Waals surface area (Å²) >= 11 is 0. The van der Waals surface area contributed by atoms with Gasteiger partial charge in [-0.05, 0) is 48.0 Å². The molecule has 2 aromatic carbocycles. The SMILES string of the molecule is O=C(Nc1cccc(-n2ncc3c(N/N=C/c4ccncc4)ncnc32)c1)c1ccccc1. The summed E-state index contributed by atoms with van der Waals surface area (Å²) in [6.45, 7) is 0. The van der Waals surface area contributed by atoms with Crippen LogP contribution in [0.1, 0.15) is 15.9 Å². The number of aromatic nitrogens is 5. The van der Waals surface area contributed by atoms with Gasteiger partial charge in [0.05, 0.1) is 23.5 Å². The Hall–Kier alpha value is -4.92. The molecule has 3 aromatic heterocycles. The van der Waals surface area contributed by atoms with Crippen molar-refractivity contribution in [3.05, 3.63) is 103 Å². The smallest absolute Gasteiger partial charge is 0.255 e. The van der Waals surface area contributed by atoms with Gasteiger partial charge in [-0.3, -0.25) is 15.2 Å². The van der Waals surface area contributed by atoms with Crippen molar-refractivity contribution in [1.29, 1.82) is 0 Å². The monoisotopic (exact) mass is 434 g/mol. The average Bonchev–Trinajstić information content (AvgIpc) is 3.31. The lowest BCUT2D eigenvalue weighted by atomic mass is 10.2. The lowest BCUT2D eigenvalue weighted by Crippen LogP contribution is -2.12. The summed E-state index contributed by atoms with van der Waals surface area (Å²) in [5, 5.41) is 12.3. The predicted octanol–water partition coefficient (Wildman–Crippen LogP) is 3.91. The van der Waals surface area contributed by atoms with E-state index < -0.39 is 0 Å². The van der Waals surface area contributed by atoms with Gasteiger partial charge in [0.1, 0.15) is 6.33 Å². The van der Waals surface area contributed by atoms with Crippen LogP contribution in [0.4, 0.5) is 11.5 Å². The fourth-order valence-electron chi connectivity index (χ4n) is 3.25. The van der Waals surface area contributed by atoms with Crippen molar-refractivity contribution in [2.24, 2.45) is 5.10 Å². The van der Waals surface area contributed by atoms with Crippen LogP contribution in [0.2, 0.25) is 0 Å². The minimum absolute atomic E-state index is 0.182. The van der Waals surface area contributed by atoms with Crippen molar-refractivity contribution < 1.29 is 4.79 Å². The fourth-order valence-corrected chi connectivity index (χ4v) is 3.25. The Labute approximate surface area is 188 Å². The number of carbonyl (C=O) groups excluding carboxylic acids is 1. The highest BCUT2D eigenvalue weighted by Crippen LogP contribution is 2.23. The van der Waals surface area contributed by atoms with E-state index in [1.807, 2.05) is 54.6 Å². The first kappa shape index (κ1) is 20.0. The second-order valence-corrected chi connectivity index (χ2v) is 7.04. The van der Waals surface area contributed by atoms with Crippen LogP contribution in [0.3, 0.4) is 0 Å². The number of amides is 1. The minimum atomic E-state index is -0.182. The third-order valence-corrected chi connectivity index (χ3v) is 4.84. The van der Waals surface area contributed by atoms with E-state index in [0.717, 1.165) is 11.3 Å². The van der Waals surface area contributed by atoms with Gasteiger partial charge in [0.15, 0.2) is 11.5 Å². The van der Waals surface area contributed by atoms with Crippen LogP contribution in [0, 0.1) is 0 Å². The van der Waals surface area contributed by atoms with E-state index in [-0.39, 0.29) is 5.91 Å². The normalized spacial score (nSPS) is 11.0. The molecule has 0 atom stereocenters. The van der Waals surface area contributed by atoms with Gasteiger partial charge < -0.3 is 5.32 Å². The van der Waals surface area contributed by atoms with Crippen LogP contribution in [-0.2, 0) is 0 Å². The number of hydrogen-bond donors (Lipinski definition) is 2. The molecule has 3 heterocycles. The summed E-state index contributed by atoms with van der Waals surface area (Å²) < 4.78 is 1.69. The molecule has 1 amide bonds. The molecule has 0 spiro atoms. The number of pyridine rings is 1. The molecule has 5 aromatic rings. The molecule has 9 nitrogen and oxygen atoms in total. The minimum Gasteiger partial charge on any atom is -0.322 e. The number of fused-ring (bicyclic) bond motifs is 1. The van der Waals surface area contributed by atoms with Crippen molar-refractivity contribution in [2.75, 3.05) is 10.7 Å². The number of nitrogens with one attached hydrogen (secondary N) is 2. The maximum Gasteiger partial charge on any atom is 0.255 e. The van der Waals surface area contributed by atoms with E-state index >= 15 is 0 Å². The number of hydrogen-bond acceptors (Lipinski definition) is 7. The maximum absolute atomic E-state index is 12.5. The molecular weight excluding hydrogens is 416 g/mol. The highest BCUT2D eigenvalue weighted by atomic mass is 16.1. The van der Waals surface area contributed by atoms with Gasteiger partial charge in [0.25, 0.3) is 5.91 Å². The van der Waals surface area contributed by atoms with Gasteiger partial charge in [-0.2, -0.15) is 10.2 Å². The highest BCUT2D eigenvalue weighted by molar-refractivity contribution is 6.04. The third-order valence-electron chi connectivity index (χ3n) is 4.84. The molecule has 9 heteroatoms. The Morgan fingerprint density at radius 1 is 0.970 bits per heavy atom. The summed E-state index contributed by atoms with van der Waals surface area (Å²) in [5.74, 6) is 0.351. The van der Waals surface area contributed by atoms with Gasteiger partial charge >= 0.3 is 0 Å². The zero-order valence-electron chi connectivity index (χ0n) is 17.3. The molecule has 2 N–H and O–H groups in total. The van der Waals surface area contributed by atoms with Gasteiger partial charge in [-0.25, -0.2) is 14.6 Å². The first-order valence-corrected chi connectivity index (χ1v) is 10.1. The van der Waals surface area contributed by atoms with Crippen LogP contribution >= 0.6 is 0 Å². The molecular formula is C24H18N8O. The van der Waals surface area contributed by atoms with Crippen molar-refractivity contribution in [1.82, 2.24) is 24.7 Å². The second kappa shape index (κ2) is 9.06. The van der Waals surface area contributed by atoms with Crippen molar-refractivity contribution in [3.63, 3.8) is 0 Å². The summed E-state index contributed by atoms with van der Waals surface area (Å²) in [5.41, 5.74) is 6.45. The molecule has 5 rings (SSSR count). The van der Waals surface area contributed by atoms with Gasteiger partial charge in [0.2, 0.25) is 0 Å². The van der Waals surface area contributed by atoms with E-state index in [4.69, 9.17) is 0 Å². The Morgan fingerprint density at radius 3 is 2.67 bits per heavy atom. The number of rotatable bonds is 6. The molecule has 160 valence electrons. The van der Waals surface area contributed by atoms with Crippen LogP contribution in [0.15, 0.2) is 96.7 Å². The molecule has 0 saturated carbocycles. The van der Waals surface area contributed by atoms with Gasteiger partial charge in [-0.15, -0.1) is 0 Å². The van der Waals surface area contributed by atoms with Crippen LogP contribution < -0.4 is 10.7 Å². The molecule has 0 unspecified atom stereocenters. The summed E-state index contributed by atoms with van der Waals surface area (Å²) in [4.78, 5) is 25.1. The van der Waals surface area contributed by atoms with E-state index in [2.05, 4.69) is 35.9 Å². The van der Waals surface area contributed by atoms with Crippen molar-refractivity contribution in [3.8, 4) is 5.69 Å². The first-order chi connectivity index (χ1) is 16.3. The highest BCUT2D eigenvalue weighted by Gasteiger charge is 2.12. The zero-order valence-corrected chi connectivity index (χ0v) is 17.3. The molecule has 0 radical (unpaired) electrons. The summed E-state index contributed by atoms with van der Waals surface area (Å²) in [6, 6.07) is 20.2. The zero-order chi connectivity index (χ0) is 22.5. The topological polar surface area (TPSA) is 110 Å². The Balaban J connectivity index is 1.39. The molecule has 33 heavy (non-hydrogen) atoms. The maximum atomic E-state index is 12.5. The summed E-state index contributed by atoms with van der Waals surface area (Å²) in [6.07, 6.45) is 8.20. The van der Waals surface area contributed by atoms with Gasteiger partial charge in [-0.1, -0.05) is 24.3 Å². The van der Waals surface area contributed by atoms with E-state index in [1.54, 1.807) is 41.6 Å². The van der Waals surface area contributed by atoms with Crippen LogP contribution in [0.25, 0.3) is 16.7 Å². The first-order valence-electron chi connectivity index (χ1n) is 10.1. The molecule has 0 saturated heterocycles. The second-order valence-electron chi connectivity index (χ2n) is 7.04. The lowest BCUT2D eigenvalue weighted by Gasteiger charge is -2.08. The molecule has 0 aliphatic carbocycles. The molecule has 0 fully saturated rings. The molecule has 0 aliphatic heterocycles. The van der Waals surface area contributed by atoms with E-state index in [1.165, 1.54) is 6.33 Å². The largest absolute Gasteiger partial charge is 0.322 e. The number of benzene rings is 2. The Morgan fingerprint density at radius 2 is 1.82 bits per heavy atom. The van der Waals surface area contributed by atoms with E-state index in [0.29, 0.717) is 28.1 Å². The number of anilines is 2. The molecule has 0 bridgehead atoms. The lowest BCUT2D eigenvalue weighted by molar-refractivity contribution is 0.102. The Kier molecular flexibility index (Phi) is 5.50. The van der Waals surface area contributed by atoms with E-state index in [9.17, 15) is 4.79 Å². The predicted molar refractivity (Wildman–Crippen MR) is 127 cm³/mol. The van der Waals surface area contributed by atoms with Crippen molar-refractivity contribution >= 4 is 34.7 Å². The fraction of sp³-hybridized carbons (Fsp3) is 0. The number of hydrazone groups is 1. The number of nitrogens with zero attached hydrogens (tertiary/aromatic N) is 6. The quantitative estimate of drug-likeness (QED) is 0.310. The van der Waals surface area contributed by atoms with Gasteiger partial charge in [0, 0.05) is 23.6 Å². The third kappa shape index (κ3) is 4.42. The van der Waals surface area contributed by atoms with Crippen molar-refractivity contribution in [2.45, 2.75) is 0 Å². The number of carbonyl (C=O) groups is 1.